The van der Waals surface area contributed by atoms with Crippen LogP contribution in [0.3, 0.4) is 0 Å². The third-order valence-corrected chi connectivity index (χ3v) is 3.93. The van der Waals surface area contributed by atoms with E-state index in [1.54, 1.807) is 19.1 Å². The molecule has 0 aromatic carbocycles. The van der Waals surface area contributed by atoms with Gasteiger partial charge in [-0.3, -0.25) is 14.3 Å². The number of hydrogen-bond donors (Lipinski definition) is 3. The van der Waals surface area contributed by atoms with Crippen molar-refractivity contribution in [2.75, 3.05) is 6.61 Å². The molecule has 0 radical (unpaired) electrons. The minimum absolute atomic E-state index is 0.109. The summed E-state index contributed by atoms with van der Waals surface area (Å²) in [5.41, 5.74) is 1.35. The van der Waals surface area contributed by atoms with Gasteiger partial charge in [0.15, 0.2) is 0 Å². The SMILES string of the molecule is Cc1cn([C@H]2C[C@H](O)[C@@H](COC(=O)N/N=C/c3ccco3)O2)c(=O)[nH]c1=O. The van der Waals surface area contributed by atoms with E-state index in [9.17, 15) is 19.5 Å². The minimum Gasteiger partial charge on any atom is -0.463 e. The maximum Gasteiger partial charge on any atom is 0.427 e. The number of hydrogen-bond acceptors (Lipinski definition) is 8. The number of H-pyrrole nitrogens is 1. The Labute approximate surface area is 152 Å². The molecule has 27 heavy (non-hydrogen) atoms. The summed E-state index contributed by atoms with van der Waals surface area (Å²) < 4.78 is 16.7. The first-order chi connectivity index (χ1) is 12.9. The highest BCUT2D eigenvalue weighted by molar-refractivity contribution is 5.77. The molecule has 3 rings (SSSR count). The van der Waals surface area contributed by atoms with Crippen LogP contribution in [0.2, 0.25) is 0 Å². The fourth-order valence-corrected chi connectivity index (χ4v) is 2.54. The lowest BCUT2D eigenvalue weighted by molar-refractivity contribution is -0.0489. The van der Waals surface area contributed by atoms with E-state index in [4.69, 9.17) is 13.9 Å². The standard InChI is InChI=1S/C16H18N4O7/c1-9-7-20(15(23)18-14(9)22)13-5-11(21)12(27-13)8-26-16(24)19-17-6-10-3-2-4-25-10/h2-4,6-7,11-13,21H,5,8H2,1H3,(H,19,24)(H,18,22,23)/b17-6+/t11-,12+,13+/m0/s1. The number of aromatic nitrogens is 2. The van der Waals surface area contributed by atoms with Gasteiger partial charge in [-0.1, -0.05) is 0 Å². The molecule has 3 atom stereocenters. The third kappa shape index (κ3) is 4.51. The van der Waals surface area contributed by atoms with Crippen LogP contribution in [0.5, 0.6) is 0 Å². The van der Waals surface area contributed by atoms with Crippen molar-refractivity contribution in [2.24, 2.45) is 5.10 Å². The first-order valence-corrected chi connectivity index (χ1v) is 8.09. The monoisotopic (exact) mass is 378 g/mol. The van der Waals surface area contributed by atoms with Gasteiger partial charge < -0.3 is 19.0 Å². The highest BCUT2D eigenvalue weighted by Crippen LogP contribution is 2.27. The van der Waals surface area contributed by atoms with Gasteiger partial charge >= 0.3 is 11.8 Å². The van der Waals surface area contributed by atoms with E-state index in [-0.39, 0.29) is 13.0 Å². The number of hydrazone groups is 1. The number of ether oxygens (including phenoxy) is 2. The highest BCUT2D eigenvalue weighted by Gasteiger charge is 2.36. The highest BCUT2D eigenvalue weighted by atomic mass is 16.6. The second-order valence-electron chi connectivity index (χ2n) is 5.89. The molecule has 1 amide bonds. The number of nitrogens with zero attached hydrogens (tertiary/aromatic N) is 2. The molecule has 0 spiro atoms. The summed E-state index contributed by atoms with van der Waals surface area (Å²) in [6.45, 7) is 1.31. The lowest BCUT2D eigenvalue weighted by Crippen LogP contribution is -2.33. The van der Waals surface area contributed by atoms with Crippen molar-refractivity contribution in [1.82, 2.24) is 15.0 Å². The van der Waals surface area contributed by atoms with Crippen LogP contribution in [-0.2, 0) is 9.47 Å². The van der Waals surface area contributed by atoms with E-state index < -0.39 is 35.8 Å². The fourth-order valence-electron chi connectivity index (χ4n) is 2.54. The summed E-state index contributed by atoms with van der Waals surface area (Å²) in [4.78, 5) is 37.1. The maximum absolute atomic E-state index is 11.9. The zero-order chi connectivity index (χ0) is 19.4. The summed E-state index contributed by atoms with van der Waals surface area (Å²) in [7, 11) is 0. The molecule has 1 fully saturated rings. The van der Waals surface area contributed by atoms with E-state index in [2.05, 4.69) is 15.5 Å². The molecule has 3 heterocycles. The molecular weight excluding hydrogens is 360 g/mol. The number of furan rings is 1. The Balaban J connectivity index is 1.53. The minimum atomic E-state index is -0.950. The van der Waals surface area contributed by atoms with Crippen LogP contribution in [0, 0.1) is 6.92 Å². The van der Waals surface area contributed by atoms with Crippen molar-refractivity contribution < 1.29 is 23.8 Å². The van der Waals surface area contributed by atoms with Crippen LogP contribution < -0.4 is 16.7 Å². The largest absolute Gasteiger partial charge is 0.463 e. The summed E-state index contributed by atoms with van der Waals surface area (Å²) in [5, 5.41) is 13.7. The molecule has 1 aliphatic rings. The molecule has 11 nitrogen and oxygen atoms in total. The average molecular weight is 378 g/mol. The number of nitrogens with one attached hydrogen (secondary N) is 2. The van der Waals surface area contributed by atoms with Gasteiger partial charge in [-0.15, -0.1) is 0 Å². The Morgan fingerprint density at radius 2 is 2.37 bits per heavy atom. The molecule has 11 heteroatoms. The molecule has 0 saturated carbocycles. The van der Waals surface area contributed by atoms with E-state index in [0.29, 0.717) is 11.3 Å². The van der Waals surface area contributed by atoms with Crippen LogP contribution in [0.1, 0.15) is 24.0 Å². The van der Waals surface area contributed by atoms with Gasteiger partial charge in [0.05, 0.1) is 18.6 Å². The van der Waals surface area contributed by atoms with E-state index in [0.717, 1.165) is 0 Å². The number of aromatic amines is 1. The van der Waals surface area contributed by atoms with Crippen molar-refractivity contribution >= 4 is 12.3 Å². The van der Waals surface area contributed by atoms with Gasteiger partial charge in [-0.25, -0.2) is 15.0 Å². The number of carbonyl (C=O) groups excluding carboxylic acids is 1. The molecule has 2 aromatic rings. The van der Waals surface area contributed by atoms with Gasteiger partial charge in [0.2, 0.25) is 0 Å². The predicted molar refractivity (Wildman–Crippen MR) is 91.4 cm³/mol. The normalized spacial score (nSPS) is 22.2. The number of rotatable bonds is 5. The average Bonchev–Trinajstić information content (AvgIpc) is 3.26. The van der Waals surface area contributed by atoms with Gasteiger partial charge in [-0.2, -0.15) is 5.10 Å². The lowest BCUT2D eigenvalue weighted by Gasteiger charge is -2.16. The molecule has 0 unspecified atom stereocenters. The summed E-state index contributed by atoms with van der Waals surface area (Å²) in [6, 6.07) is 3.32. The smallest absolute Gasteiger partial charge is 0.427 e. The van der Waals surface area contributed by atoms with E-state index in [1.165, 1.54) is 23.2 Å². The fraction of sp³-hybridized carbons (Fsp3) is 0.375. The molecule has 2 aromatic heterocycles. The maximum atomic E-state index is 11.9. The molecule has 3 N–H and O–H groups in total. The molecule has 1 aliphatic heterocycles. The van der Waals surface area contributed by atoms with Crippen LogP contribution >= 0.6 is 0 Å². The van der Waals surface area contributed by atoms with Gasteiger partial charge in [0, 0.05) is 18.2 Å². The van der Waals surface area contributed by atoms with Crippen LogP contribution in [0.4, 0.5) is 4.79 Å². The summed E-state index contributed by atoms with van der Waals surface area (Å²) in [6.07, 6.45) is 0.830. The van der Waals surface area contributed by atoms with Crippen molar-refractivity contribution in [3.05, 3.63) is 56.8 Å². The summed E-state index contributed by atoms with van der Waals surface area (Å²) >= 11 is 0. The number of aryl methyl sites for hydroxylation is 1. The van der Waals surface area contributed by atoms with Crippen molar-refractivity contribution in [3.8, 4) is 0 Å². The van der Waals surface area contributed by atoms with Crippen LogP contribution in [-0.4, -0.2) is 45.8 Å². The second kappa shape index (κ2) is 8.01. The molecule has 0 aliphatic carbocycles. The van der Waals surface area contributed by atoms with Crippen molar-refractivity contribution in [3.63, 3.8) is 0 Å². The van der Waals surface area contributed by atoms with Crippen LogP contribution in [0.15, 0.2) is 43.7 Å². The Bertz CT molecular complexity index is 931. The second-order valence-corrected chi connectivity index (χ2v) is 5.89. The van der Waals surface area contributed by atoms with Crippen LogP contribution in [0.25, 0.3) is 0 Å². The Morgan fingerprint density at radius 3 is 3.11 bits per heavy atom. The number of aliphatic hydroxyl groups excluding tert-OH is 1. The first kappa shape index (κ1) is 18.6. The zero-order valence-corrected chi connectivity index (χ0v) is 14.3. The summed E-state index contributed by atoms with van der Waals surface area (Å²) in [5.74, 6) is 0.453. The molecular formula is C16H18N4O7. The Morgan fingerprint density at radius 1 is 1.56 bits per heavy atom. The van der Waals surface area contributed by atoms with E-state index >= 15 is 0 Å². The quantitative estimate of drug-likeness (QED) is 0.484. The molecule has 144 valence electrons. The van der Waals surface area contributed by atoms with Gasteiger partial charge in [0.25, 0.3) is 5.56 Å². The Kier molecular flexibility index (Phi) is 5.52. The zero-order valence-electron chi connectivity index (χ0n) is 14.3. The predicted octanol–water partition coefficient (Wildman–Crippen LogP) is -0.153. The van der Waals surface area contributed by atoms with Gasteiger partial charge in [-0.05, 0) is 19.1 Å². The van der Waals surface area contributed by atoms with Gasteiger partial charge in [0.1, 0.15) is 24.7 Å². The van der Waals surface area contributed by atoms with Crippen molar-refractivity contribution in [2.45, 2.75) is 31.8 Å². The van der Waals surface area contributed by atoms with E-state index in [1.807, 2.05) is 0 Å². The Hall–Kier alpha value is -3.18. The number of carbonyl (C=O) groups is 1. The molecule has 0 bridgehead atoms. The number of aliphatic hydroxyl groups is 1. The third-order valence-electron chi connectivity index (χ3n) is 3.93. The van der Waals surface area contributed by atoms with Crippen molar-refractivity contribution in [1.29, 1.82) is 0 Å². The number of amides is 1. The first-order valence-electron chi connectivity index (χ1n) is 8.09. The lowest BCUT2D eigenvalue weighted by atomic mass is 10.2. The molecule has 1 saturated heterocycles. The topological polar surface area (TPSA) is 148 Å².